The van der Waals surface area contributed by atoms with Crippen LogP contribution >= 0.6 is 11.3 Å². The Bertz CT molecular complexity index is 758. The third-order valence-electron chi connectivity index (χ3n) is 5.20. The topological polar surface area (TPSA) is 64.7 Å². The molecule has 1 aromatic heterocycles. The Labute approximate surface area is 176 Å². The number of carbonyl (C=O) groups is 2. The molecule has 7 heteroatoms. The van der Waals surface area contributed by atoms with E-state index in [1.54, 1.807) is 6.07 Å². The van der Waals surface area contributed by atoms with Gasteiger partial charge in [0.05, 0.1) is 4.88 Å². The number of nitrogens with zero attached hydrogens (tertiary/aromatic N) is 2. The molecular formula is C22H30N4O2S. The van der Waals surface area contributed by atoms with Crippen molar-refractivity contribution in [3.05, 3.63) is 58.3 Å². The van der Waals surface area contributed by atoms with Crippen molar-refractivity contribution < 1.29 is 9.59 Å². The summed E-state index contributed by atoms with van der Waals surface area (Å²) >= 11 is 1.38. The van der Waals surface area contributed by atoms with Crippen molar-refractivity contribution in [2.75, 3.05) is 46.3 Å². The normalized spacial score (nSPS) is 16.3. The molecule has 2 amide bonds. The summed E-state index contributed by atoms with van der Waals surface area (Å²) in [6.45, 7) is 5.96. The van der Waals surface area contributed by atoms with E-state index in [4.69, 9.17) is 0 Å². The average molecular weight is 415 g/mol. The molecule has 1 aromatic carbocycles. The molecule has 1 unspecified atom stereocenters. The van der Waals surface area contributed by atoms with Crippen molar-refractivity contribution in [2.45, 2.75) is 18.9 Å². The van der Waals surface area contributed by atoms with E-state index in [0.29, 0.717) is 17.8 Å². The Morgan fingerprint density at radius 3 is 2.52 bits per heavy atom. The summed E-state index contributed by atoms with van der Waals surface area (Å²) < 4.78 is 0. The second-order valence-electron chi connectivity index (χ2n) is 7.48. The van der Waals surface area contributed by atoms with Crippen LogP contribution in [0.25, 0.3) is 0 Å². The van der Waals surface area contributed by atoms with Gasteiger partial charge in [0.25, 0.3) is 5.91 Å². The Kier molecular flexibility index (Phi) is 8.22. The van der Waals surface area contributed by atoms with Gasteiger partial charge in [-0.3, -0.25) is 9.59 Å². The lowest BCUT2D eigenvalue weighted by Gasteiger charge is -2.32. The molecule has 156 valence electrons. The summed E-state index contributed by atoms with van der Waals surface area (Å²) in [5.74, 6) is -0.328. The summed E-state index contributed by atoms with van der Waals surface area (Å²) in [6, 6.07) is 12.8. The molecular weight excluding hydrogens is 384 g/mol. The fourth-order valence-electron chi connectivity index (χ4n) is 3.41. The molecule has 2 aromatic rings. The van der Waals surface area contributed by atoms with Crippen molar-refractivity contribution in [2.24, 2.45) is 0 Å². The Morgan fingerprint density at radius 1 is 1.07 bits per heavy atom. The molecule has 0 spiro atoms. The molecule has 2 heterocycles. The second-order valence-corrected chi connectivity index (χ2v) is 8.43. The zero-order valence-electron chi connectivity index (χ0n) is 17.0. The lowest BCUT2D eigenvalue weighted by Crippen LogP contribution is -2.48. The van der Waals surface area contributed by atoms with Crippen LogP contribution in [0.2, 0.25) is 0 Å². The van der Waals surface area contributed by atoms with E-state index >= 15 is 0 Å². The van der Waals surface area contributed by atoms with Gasteiger partial charge >= 0.3 is 0 Å². The zero-order valence-corrected chi connectivity index (χ0v) is 17.8. The van der Waals surface area contributed by atoms with Gasteiger partial charge in [-0.25, -0.2) is 0 Å². The van der Waals surface area contributed by atoms with Gasteiger partial charge < -0.3 is 20.4 Å². The molecule has 0 aliphatic carbocycles. The number of piperazine rings is 1. The van der Waals surface area contributed by atoms with Gasteiger partial charge in [0.1, 0.15) is 6.04 Å². The minimum absolute atomic E-state index is 0.128. The van der Waals surface area contributed by atoms with Gasteiger partial charge in [0.15, 0.2) is 0 Å². The molecule has 0 bridgehead atoms. The van der Waals surface area contributed by atoms with E-state index in [2.05, 4.69) is 27.5 Å². The number of thiophene rings is 1. The minimum Gasteiger partial charge on any atom is -0.354 e. The quantitative estimate of drug-likeness (QED) is 0.615. The van der Waals surface area contributed by atoms with E-state index in [1.807, 2.05) is 41.8 Å². The fraction of sp³-hybridized carbons (Fsp3) is 0.455. The minimum atomic E-state index is -0.587. The van der Waals surface area contributed by atoms with Crippen molar-refractivity contribution in [1.82, 2.24) is 20.4 Å². The van der Waals surface area contributed by atoms with Crippen LogP contribution in [-0.2, 0) is 11.2 Å². The Morgan fingerprint density at radius 2 is 1.83 bits per heavy atom. The molecule has 0 saturated carbocycles. The highest BCUT2D eigenvalue weighted by Gasteiger charge is 2.22. The van der Waals surface area contributed by atoms with E-state index in [1.165, 1.54) is 11.3 Å². The molecule has 0 radical (unpaired) electrons. The largest absolute Gasteiger partial charge is 0.354 e. The summed E-state index contributed by atoms with van der Waals surface area (Å²) in [5.41, 5.74) is 1.02. The van der Waals surface area contributed by atoms with Crippen molar-refractivity contribution in [3.8, 4) is 0 Å². The van der Waals surface area contributed by atoms with Crippen molar-refractivity contribution in [1.29, 1.82) is 0 Å². The van der Waals surface area contributed by atoms with Crippen molar-refractivity contribution in [3.63, 3.8) is 0 Å². The molecule has 2 N–H and O–H groups in total. The first-order valence-electron chi connectivity index (χ1n) is 10.2. The maximum absolute atomic E-state index is 12.8. The number of amides is 2. The van der Waals surface area contributed by atoms with E-state index < -0.39 is 6.04 Å². The van der Waals surface area contributed by atoms with Gasteiger partial charge in [-0.1, -0.05) is 36.4 Å². The third-order valence-corrected chi connectivity index (χ3v) is 6.06. The predicted molar refractivity (Wildman–Crippen MR) is 117 cm³/mol. The number of rotatable bonds is 9. The lowest BCUT2D eigenvalue weighted by molar-refractivity contribution is -0.122. The molecule has 1 saturated heterocycles. The Balaban J connectivity index is 1.50. The van der Waals surface area contributed by atoms with Crippen LogP contribution in [0.4, 0.5) is 0 Å². The number of hydrogen-bond acceptors (Lipinski definition) is 5. The van der Waals surface area contributed by atoms with E-state index in [0.717, 1.165) is 44.7 Å². The summed E-state index contributed by atoms with van der Waals surface area (Å²) in [6.07, 6.45) is 1.38. The second kappa shape index (κ2) is 11.1. The van der Waals surface area contributed by atoms with Crippen LogP contribution in [0.15, 0.2) is 47.8 Å². The zero-order chi connectivity index (χ0) is 20.5. The van der Waals surface area contributed by atoms with Crippen LogP contribution in [0.5, 0.6) is 0 Å². The number of hydrogen-bond donors (Lipinski definition) is 2. The van der Waals surface area contributed by atoms with Gasteiger partial charge in [0, 0.05) is 39.1 Å². The maximum Gasteiger partial charge on any atom is 0.262 e. The SMILES string of the molecule is CN1CCN(CCCNC(=O)C(Cc2ccccc2)NC(=O)c2cccs2)CC1. The van der Waals surface area contributed by atoms with Gasteiger partial charge in [0.2, 0.25) is 5.91 Å². The molecule has 1 aliphatic rings. The standard InChI is InChI=1S/C22H30N4O2S/c1-25-12-14-26(15-13-25)11-6-10-23-21(27)19(17-18-7-3-2-4-8-18)24-22(28)20-9-5-16-29-20/h2-5,7-9,16,19H,6,10-15,17H2,1H3,(H,23,27)(H,24,28). The first-order valence-corrected chi connectivity index (χ1v) is 11.1. The van der Waals surface area contributed by atoms with Crippen molar-refractivity contribution >= 4 is 23.2 Å². The molecule has 1 aliphatic heterocycles. The molecule has 6 nitrogen and oxygen atoms in total. The number of carbonyl (C=O) groups excluding carboxylic acids is 2. The smallest absolute Gasteiger partial charge is 0.262 e. The molecule has 3 rings (SSSR count). The maximum atomic E-state index is 12.8. The lowest BCUT2D eigenvalue weighted by atomic mass is 10.1. The Hall–Kier alpha value is -2.22. The highest BCUT2D eigenvalue weighted by Crippen LogP contribution is 2.10. The summed E-state index contributed by atoms with van der Waals surface area (Å²) in [5, 5.41) is 7.78. The van der Waals surface area contributed by atoms with E-state index in [-0.39, 0.29) is 11.8 Å². The monoisotopic (exact) mass is 414 g/mol. The highest BCUT2D eigenvalue weighted by molar-refractivity contribution is 7.12. The van der Waals surface area contributed by atoms with Crippen LogP contribution in [-0.4, -0.2) is 74.0 Å². The molecule has 1 atom stereocenters. The molecule has 29 heavy (non-hydrogen) atoms. The third kappa shape index (κ3) is 6.96. The predicted octanol–water partition coefficient (Wildman–Crippen LogP) is 1.84. The first-order chi connectivity index (χ1) is 14.1. The number of likely N-dealkylation sites (N-methyl/N-ethyl adjacent to an activating group) is 1. The van der Waals surface area contributed by atoms with E-state index in [9.17, 15) is 9.59 Å². The van der Waals surface area contributed by atoms with Crippen LogP contribution < -0.4 is 10.6 Å². The first kappa shape index (κ1) is 21.5. The number of nitrogens with one attached hydrogen (secondary N) is 2. The van der Waals surface area contributed by atoms with Crippen LogP contribution in [0, 0.1) is 0 Å². The van der Waals surface area contributed by atoms with Crippen LogP contribution in [0.3, 0.4) is 0 Å². The molecule has 1 fully saturated rings. The highest BCUT2D eigenvalue weighted by atomic mass is 32.1. The summed E-state index contributed by atoms with van der Waals surface area (Å²) in [4.78, 5) is 30.7. The van der Waals surface area contributed by atoms with Gasteiger partial charge in [-0.15, -0.1) is 11.3 Å². The number of benzene rings is 1. The fourth-order valence-corrected chi connectivity index (χ4v) is 4.03. The summed E-state index contributed by atoms with van der Waals surface area (Å²) in [7, 11) is 2.15. The van der Waals surface area contributed by atoms with Crippen LogP contribution in [0.1, 0.15) is 21.7 Å². The van der Waals surface area contributed by atoms with Gasteiger partial charge in [-0.05, 0) is 37.0 Å². The van der Waals surface area contributed by atoms with Gasteiger partial charge in [-0.2, -0.15) is 0 Å². The average Bonchev–Trinajstić information content (AvgIpc) is 3.28.